The van der Waals surface area contributed by atoms with E-state index in [2.05, 4.69) is 97.2 Å². The van der Waals surface area contributed by atoms with Gasteiger partial charge in [-0.2, -0.15) is 0 Å². The third-order valence-corrected chi connectivity index (χ3v) is 6.34. The summed E-state index contributed by atoms with van der Waals surface area (Å²) < 4.78 is 0. The first-order chi connectivity index (χ1) is 14.2. The molecular formula is C27H31NO. The number of nitrogens with one attached hydrogen (secondary N) is 1. The van der Waals surface area contributed by atoms with Crippen LogP contribution in [-0.2, 0) is 6.42 Å². The van der Waals surface area contributed by atoms with Gasteiger partial charge < -0.3 is 10.4 Å². The smallest absolute Gasteiger partial charge is 0.0752 e. The van der Waals surface area contributed by atoms with E-state index in [4.69, 9.17) is 0 Å². The van der Waals surface area contributed by atoms with Crippen molar-refractivity contribution in [1.82, 2.24) is 5.32 Å². The summed E-state index contributed by atoms with van der Waals surface area (Å²) in [5, 5.41) is 16.0. The van der Waals surface area contributed by atoms with E-state index in [1.54, 1.807) is 0 Å². The molecule has 4 unspecified atom stereocenters. The number of benzene rings is 3. The highest BCUT2D eigenvalue weighted by molar-refractivity contribution is 5.28. The molecule has 4 atom stereocenters. The third kappa shape index (κ3) is 4.44. The maximum absolute atomic E-state index is 12.1. The minimum Gasteiger partial charge on any atom is -0.389 e. The molecule has 0 saturated carbocycles. The van der Waals surface area contributed by atoms with Crippen molar-refractivity contribution in [2.75, 3.05) is 0 Å². The van der Waals surface area contributed by atoms with E-state index in [1.807, 2.05) is 6.07 Å². The quantitative estimate of drug-likeness (QED) is 0.558. The lowest BCUT2D eigenvalue weighted by molar-refractivity contribution is -0.0780. The first-order valence-corrected chi connectivity index (χ1v) is 10.8. The monoisotopic (exact) mass is 385 g/mol. The Morgan fingerprint density at radius 2 is 1.38 bits per heavy atom. The van der Waals surface area contributed by atoms with E-state index < -0.39 is 5.60 Å². The fourth-order valence-electron chi connectivity index (χ4n) is 4.99. The second kappa shape index (κ2) is 8.94. The minimum atomic E-state index is -0.760. The largest absolute Gasteiger partial charge is 0.389 e. The molecule has 0 spiro atoms. The molecule has 1 aliphatic heterocycles. The summed E-state index contributed by atoms with van der Waals surface area (Å²) in [6, 6.07) is 31.9. The van der Waals surface area contributed by atoms with E-state index >= 15 is 0 Å². The Morgan fingerprint density at radius 1 is 0.828 bits per heavy atom. The Bertz CT molecular complexity index is 880. The van der Waals surface area contributed by atoms with Crippen LogP contribution in [0.15, 0.2) is 91.0 Å². The molecule has 3 aromatic carbocycles. The zero-order valence-electron chi connectivity index (χ0n) is 17.2. The zero-order valence-corrected chi connectivity index (χ0v) is 17.2. The number of hydrogen-bond acceptors (Lipinski definition) is 2. The van der Waals surface area contributed by atoms with Crippen molar-refractivity contribution >= 4 is 0 Å². The average Bonchev–Trinajstić information content (AvgIpc) is 2.77. The van der Waals surface area contributed by atoms with Crippen molar-refractivity contribution in [1.29, 1.82) is 0 Å². The second-order valence-electron chi connectivity index (χ2n) is 8.38. The lowest BCUT2D eigenvalue weighted by Gasteiger charge is -2.49. The van der Waals surface area contributed by atoms with Crippen LogP contribution in [0.3, 0.4) is 0 Å². The van der Waals surface area contributed by atoms with Crippen LogP contribution in [0, 0.1) is 5.92 Å². The van der Waals surface area contributed by atoms with Crippen LogP contribution in [0.4, 0.5) is 0 Å². The molecular weight excluding hydrogens is 354 g/mol. The summed E-state index contributed by atoms with van der Waals surface area (Å²) in [5.74, 6) is 0.162. The maximum atomic E-state index is 12.1. The molecule has 1 fully saturated rings. The Balaban J connectivity index is 1.75. The molecule has 3 aromatic rings. The topological polar surface area (TPSA) is 32.3 Å². The van der Waals surface area contributed by atoms with Crippen LogP contribution in [0.2, 0.25) is 0 Å². The van der Waals surface area contributed by atoms with Crippen LogP contribution in [0.5, 0.6) is 0 Å². The summed E-state index contributed by atoms with van der Waals surface area (Å²) in [6.07, 6.45) is 3.47. The highest BCUT2D eigenvalue weighted by Crippen LogP contribution is 2.46. The van der Waals surface area contributed by atoms with Gasteiger partial charge >= 0.3 is 0 Å². The molecule has 2 nitrogen and oxygen atoms in total. The highest BCUT2D eigenvalue weighted by atomic mass is 16.3. The van der Waals surface area contributed by atoms with Gasteiger partial charge in [-0.1, -0.05) is 104 Å². The summed E-state index contributed by atoms with van der Waals surface area (Å²) >= 11 is 0. The Hall–Kier alpha value is -2.42. The van der Waals surface area contributed by atoms with E-state index in [0.717, 1.165) is 19.3 Å². The molecule has 1 heterocycles. The van der Waals surface area contributed by atoms with E-state index in [-0.39, 0.29) is 18.0 Å². The summed E-state index contributed by atoms with van der Waals surface area (Å²) in [7, 11) is 0. The number of hydrogen-bond donors (Lipinski definition) is 2. The molecule has 150 valence electrons. The number of piperidine rings is 1. The Morgan fingerprint density at radius 3 is 1.97 bits per heavy atom. The van der Waals surface area contributed by atoms with Crippen molar-refractivity contribution in [3.63, 3.8) is 0 Å². The summed E-state index contributed by atoms with van der Waals surface area (Å²) in [6.45, 7) is 2.22. The number of rotatable bonds is 6. The van der Waals surface area contributed by atoms with Crippen molar-refractivity contribution < 1.29 is 5.11 Å². The van der Waals surface area contributed by atoms with Crippen LogP contribution < -0.4 is 5.32 Å². The van der Waals surface area contributed by atoms with Crippen molar-refractivity contribution in [2.24, 2.45) is 5.92 Å². The molecule has 0 aromatic heterocycles. The zero-order chi connectivity index (χ0) is 20.1. The normalized spacial score (nSPS) is 26.9. The van der Waals surface area contributed by atoms with Gasteiger partial charge in [0.15, 0.2) is 0 Å². The van der Waals surface area contributed by atoms with Crippen molar-refractivity contribution in [3.8, 4) is 0 Å². The molecule has 1 aliphatic rings. The van der Waals surface area contributed by atoms with Crippen molar-refractivity contribution in [2.45, 2.75) is 50.3 Å². The van der Waals surface area contributed by atoms with Gasteiger partial charge in [0.05, 0.1) is 5.60 Å². The van der Waals surface area contributed by atoms with Crippen LogP contribution >= 0.6 is 0 Å². The van der Waals surface area contributed by atoms with Gasteiger partial charge in [-0.15, -0.1) is 0 Å². The second-order valence-corrected chi connectivity index (χ2v) is 8.38. The molecule has 0 amide bonds. The molecule has 1 saturated heterocycles. The fourth-order valence-corrected chi connectivity index (χ4v) is 4.99. The third-order valence-electron chi connectivity index (χ3n) is 6.34. The van der Waals surface area contributed by atoms with Gasteiger partial charge in [0.25, 0.3) is 0 Å². The molecule has 2 heteroatoms. The highest BCUT2D eigenvalue weighted by Gasteiger charge is 2.47. The van der Waals surface area contributed by atoms with Gasteiger partial charge in [0.2, 0.25) is 0 Å². The van der Waals surface area contributed by atoms with Gasteiger partial charge in [-0.05, 0) is 29.5 Å². The Labute approximate surface area is 174 Å². The summed E-state index contributed by atoms with van der Waals surface area (Å²) in [5.41, 5.74) is 2.95. The standard InChI is InChI=1S/C27H31NO/c1-2-12-24-26(23-17-10-5-11-18-23)28-25(22-15-8-4-9-16-22)20-27(24,29)19-21-13-6-3-7-14-21/h3-11,13-18,24-26,28-29H,2,12,19-20H2,1H3. The van der Waals surface area contributed by atoms with Gasteiger partial charge in [-0.3, -0.25) is 0 Å². The predicted molar refractivity (Wildman–Crippen MR) is 120 cm³/mol. The fraction of sp³-hybridized carbons (Fsp3) is 0.333. The van der Waals surface area contributed by atoms with Gasteiger partial charge in [0, 0.05) is 24.4 Å². The molecule has 2 N–H and O–H groups in total. The molecule has 0 bridgehead atoms. The van der Waals surface area contributed by atoms with Crippen LogP contribution in [-0.4, -0.2) is 10.7 Å². The molecule has 29 heavy (non-hydrogen) atoms. The lowest BCUT2D eigenvalue weighted by atomic mass is 9.67. The molecule has 0 aliphatic carbocycles. The average molecular weight is 386 g/mol. The van der Waals surface area contributed by atoms with Gasteiger partial charge in [-0.25, -0.2) is 0 Å². The van der Waals surface area contributed by atoms with Crippen LogP contribution in [0.25, 0.3) is 0 Å². The van der Waals surface area contributed by atoms with E-state index in [9.17, 15) is 5.11 Å². The summed E-state index contributed by atoms with van der Waals surface area (Å²) in [4.78, 5) is 0. The molecule has 4 rings (SSSR count). The SMILES string of the molecule is CCCC1C(c2ccccc2)NC(c2ccccc2)CC1(O)Cc1ccccc1. The van der Waals surface area contributed by atoms with Crippen molar-refractivity contribution in [3.05, 3.63) is 108 Å². The predicted octanol–water partition coefficient (Wildman–Crippen LogP) is 5.85. The van der Waals surface area contributed by atoms with Crippen LogP contribution in [0.1, 0.15) is 55.0 Å². The maximum Gasteiger partial charge on any atom is 0.0752 e. The number of aliphatic hydroxyl groups is 1. The minimum absolute atomic E-state index is 0.128. The lowest BCUT2D eigenvalue weighted by Crippen LogP contribution is -2.54. The van der Waals surface area contributed by atoms with E-state index in [0.29, 0.717) is 6.42 Å². The Kier molecular flexibility index (Phi) is 6.13. The van der Waals surface area contributed by atoms with Gasteiger partial charge in [0.1, 0.15) is 0 Å². The first kappa shape index (κ1) is 19.9. The van der Waals surface area contributed by atoms with E-state index in [1.165, 1.54) is 16.7 Å². The first-order valence-electron chi connectivity index (χ1n) is 10.8. The molecule has 0 radical (unpaired) electrons.